The van der Waals surface area contributed by atoms with Crippen molar-refractivity contribution in [2.75, 3.05) is 47.9 Å². The molecule has 8 nitrogen and oxygen atoms in total. The van der Waals surface area contributed by atoms with E-state index in [4.69, 9.17) is 5.73 Å². The number of para-hydroxylation sites is 1. The highest BCUT2D eigenvalue weighted by Gasteiger charge is 2.29. The second kappa shape index (κ2) is 10.2. The smallest absolute Gasteiger partial charge is 0.241 e. The maximum Gasteiger partial charge on any atom is 0.241 e. The number of nitrogens with zero attached hydrogens (tertiary/aromatic N) is 2. The number of hydrogen-bond acceptors (Lipinski definition) is 6. The van der Waals surface area contributed by atoms with Gasteiger partial charge in [0.1, 0.15) is 5.75 Å². The number of hydrogen-bond donors (Lipinski definition) is 2. The average molecular weight is 463 g/mol. The summed E-state index contributed by atoms with van der Waals surface area (Å²) < 4.78 is 26.9. The van der Waals surface area contributed by atoms with Crippen LogP contribution in [0.1, 0.15) is 5.56 Å². The number of thioether (sulfide) groups is 1. The van der Waals surface area contributed by atoms with E-state index in [2.05, 4.69) is 16.3 Å². The number of primary amides is 1. The summed E-state index contributed by atoms with van der Waals surface area (Å²) in [7, 11) is -3.74. The molecule has 10 heteroatoms. The van der Waals surface area contributed by atoms with Crippen molar-refractivity contribution in [3.8, 4) is 0 Å². The van der Waals surface area contributed by atoms with Crippen molar-refractivity contribution in [3.63, 3.8) is 0 Å². The molecule has 0 aliphatic carbocycles. The van der Waals surface area contributed by atoms with Crippen LogP contribution in [0.5, 0.6) is 0 Å². The Bertz CT molecular complexity index is 1050. The Balaban J connectivity index is 1.58. The molecule has 1 fully saturated rings. The van der Waals surface area contributed by atoms with Crippen molar-refractivity contribution in [1.82, 2.24) is 4.31 Å². The Morgan fingerprint density at radius 3 is 2.45 bits per heavy atom. The molecule has 2 aromatic carbocycles. The van der Waals surface area contributed by atoms with Gasteiger partial charge in [-0.05, 0) is 36.8 Å². The van der Waals surface area contributed by atoms with Gasteiger partial charge in [-0.3, -0.25) is 9.59 Å². The zero-order valence-corrected chi connectivity index (χ0v) is 18.9. The van der Waals surface area contributed by atoms with E-state index in [0.29, 0.717) is 36.8 Å². The summed E-state index contributed by atoms with van der Waals surface area (Å²) in [4.78, 5) is 26.3. The molecule has 2 aromatic rings. The second-order valence-corrected chi connectivity index (χ2v) is 10.3. The number of nitrogens with one attached hydrogen (secondary N) is 1. The molecule has 1 aliphatic heterocycles. The van der Waals surface area contributed by atoms with Crippen LogP contribution in [0.25, 0.3) is 0 Å². The van der Waals surface area contributed by atoms with Crippen LogP contribution < -0.4 is 16.0 Å². The second-order valence-electron chi connectivity index (χ2n) is 7.28. The number of carbonyl (C=O) groups is 2. The van der Waals surface area contributed by atoms with E-state index in [1.807, 2.05) is 25.1 Å². The maximum absolute atomic E-state index is 12.8. The molecule has 1 heterocycles. The molecule has 0 saturated carbocycles. The van der Waals surface area contributed by atoms with Crippen LogP contribution in [0.2, 0.25) is 0 Å². The molecule has 2 amide bonds. The normalized spacial score (nSPS) is 14.9. The fourth-order valence-electron chi connectivity index (χ4n) is 3.34. The first-order valence-corrected chi connectivity index (χ1v) is 12.4. The quantitative estimate of drug-likeness (QED) is 0.577. The summed E-state index contributed by atoms with van der Waals surface area (Å²) in [5.41, 5.74) is 7.85. The molecule has 0 bridgehead atoms. The molecule has 0 spiro atoms. The highest BCUT2D eigenvalue weighted by molar-refractivity contribution is 8.00. The molecule has 31 heavy (non-hydrogen) atoms. The lowest BCUT2D eigenvalue weighted by Crippen LogP contribution is -2.50. The summed E-state index contributed by atoms with van der Waals surface area (Å²) in [5.74, 6) is -1.66. The topological polar surface area (TPSA) is 113 Å². The number of amides is 2. The van der Waals surface area contributed by atoms with Crippen LogP contribution in [0.15, 0.2) is 53.4 Å². The van der Waals surface area contributed by atoms with Crippen molar-refractivity contribution < 1.29 is 18.0 Å². The lowest BCUT2D eigenvalue weighted by Gasteiger charge is -2.35. The van der Waals surface area contributed by atoms with Crippen LogP contribution in [0.4, 0.5) is 11.4 Å². The van der Waals surface area contributed by atoms with Gasteiger partial charge in [0.25, 0.3) is 0 Å². The number of sulfonamides is 1. The van der Waals surface area contributed by atoms with E-state index in [0.717, 1.165) is 11.3 Å². The lowest BCUT2D eigenvalue weighted by molar-refractivity contribution is -0.115. The van der Waals surface area contributed by atoms with Gasteiger partial charge < -0.3 is 16.0 Å². The van der Waals surface area contributed by atoms with Gasteiger partial charge in [-0.25, -0.2) is 8.42 Å². The molecule has 0 unspecified atom stereocenters. The van der Waals surface area contributed by atoms with Crippen LogP contribution >= 0.6 is 11.8 Å². The summed E-state index contributed by atoms with van der Waals surface area (Å²) in [6.45, 7) is 3.81. The monoisotopic (exact) mass is 462 g/mol. The Kier molecular flexibility index (Phi) is 7.58. The molecule has 3 rings (SSSR count). The number of anilines is 2. The molecule has 166 valence electrons. The third kappa shape index (κ3) is 6.46. The van der Waals surface area contributed by atoms with E-state index < -0.39 is 27.6 Å². The predicted octanol–water partition coefficient (Wildman–Crippen LogP) is 1.66. The summed E-state index contributed by atoms with van der Waals surface area (Å²) >= 11 is 1.19. The van der Waals surface area contributed by atoms with Crippen molar-refractivity contribution in [3.05, 3.63) is 54.1 Å². The molecule has 1 aliphatic rings. The van der Waals surface area contributed by atoms with Crippen LogP contribution in [0, 0.1) is 6.92 Å². The Labute approximate surface area is 186 Å². The van der Waals surface area contributed by atoms with Gasteiger partial charge >= 0.3 is 0 Å². The first-order chi connectivity index (χ1) is 14.7. The third-order valence-corrected chi connectivity index (χ3v) is 7.72. The predicted molar refractivity (Wildman–Crippen MR) is 124 cm³/mol. The summed E-state index contributed by atoms with van der Waals surface area (Å²) in [6, 6.07) is 15.0. The van der Waals surface area contributed by atoms with E-state index in [-0.39, 0.29) is 5.75 Å². The minimum atomic E-state index is -3.74. The zero-order valence-electron chi connectivity index (χ0n) is 17.3. The lowest BCUT2D eigenvalue weighted by atomic mass is 10.2. The molecule has 0 radical (unpaired) electrons. The van der Waals surface area contributed by atoms with E-state index in [1.54, 1.807) is 24.3 Å². The zero-order chi connectivity index (χ0) is 22.4. The SMILES string of the molecule is Cc1cccc(N2CCN(S(=O)(=O)CC(=O)Nc3ccccc3SCC(N)=O)CC2)c1. The van der Waals surface area contributed by atoms with Crippen LogP contribution in [0.3, 0.4) is 0 Å². The fourth-order valence-corrected chi connectivity index (χ4v) is 5.39. The van der Waals surface area contributed by atoms with Gasteiger partial charge in [0.15, 0.2) is 0 Å². The van der Waals surface area contributed by atoms with Gasteiger partial charge in [0.05, 0.1) is 11.4 Å². The molecular weight excluding hydrogens is 436 g/mol. The van der Waals surface area contributed by atoms with Gasteiger partial charge in [0, 0.05) is 36.8 Å². The van der Waals surface area contributed by atoms with Crippen LogP contribution in [-0.4, -0.2) is 62.2 Å². The number of carbonyl (C=O) groups excluding carboxylic acids is 2. The molecule has 3 N–H and O–H groups in total. The van der Waals surface area contributed by atoms with Gasteiger partial charge in [-0.1, -0.05) is 24.3 Å². The first kappa shape index (κ1) is 23.1. The van der Waals surface area contributed by atoms with Crippen molar-refractivity contribution in [1.29, 1.82) is 0 Å². The van der Waals surface area contributed by atoms with E-state index >= 15 is 0 Å². The summed E-state index contributed by atoms with van der Waals surface area (Å²) in [6.07, 6.45) is 0. The number of rotatable bonds is 8. The van der Waals surface area contributed by atoms with Gasteiger partial charge in [-0.15, -0.1) is 11.8 Å². The van der Waals surface area contributed by atoms with Crippen molar-refractivity contribution in [2.24, 2.45) is 5.73 Å². The average Bonchev–Trinajstić information content (AvgIpc) is 2.73. The standard InChI is InChI=1S/C21H26N4O4S2/c1-16-5-4-6-17(13-16)24-9-11-25(12-10-24)31(28,29)15-21(27)23-18-7-2-3-8-19(18)30-14-20(22)26/h2-8,13H,9-12,14-15H2,1H3,(H2,22,26)(H,23,27). The minimum Gasteiger partial charge on any atom is -0.369 e. The van der Waals surface area contributed by atoms with Gasteiger partial charge in [-0.2, -0.15) is 4.31 Å². The summed E-state index contributed by atoms with van der Waals surface area (Å²) in [5, 5.41) is 2.64. The largest absolute Gasteiger partial charge is 0.369 e. The van der Waals surface area contributed by atoms with E-state index in [1.165, 1.54) is 16.1 Å². The number of nitrogens with two attached hydrogens (primary N) is 1. The van der Waals surface area contributed by atoms with Crippen molar-refractivity contribution in [2.45, 2.75) is 11.8 Å². The molecule has 0 atom stereocenters. The fraction of sp³-hybridized carbons (Fsp3) is 0.333. The highest BCUT2D eigenvalue weighted by atomic mass is 32.2. The van der Waals surface area contributed by atoms with E-state index in [9.17, 15) is 18.0 Å². The highest BCUT2D eigenvalue weighted by Crippen LogP contribution is 2.27. The first-order valence-electron chi connectivity index (χ1n) is 9.84. The maximum atomic E-state index is 12.8. The van der Waals surface area contributed by atoms with Crippen molar-refractivity contribution >= 4 is 45.0 Å². The Morgan fingerprint density at radius 1 is 1.06 bits per heavy atom. The van der Waals surface area contributed by atoms with Gasteiger partial charge in [0.2, 0.25) is 21.8 Å². The Morgan fingerprint density at radius 2 is 1.77 bits per heavy atom. The Hall–Kier alpha value is -2.56. The number of aryl methyl sites for hydroxylation is 1. The van der Waals surface area contributed by atoms with Crippen LogP contribution in [-0.2, 0) is 19.6 Å². The number of piperazine rings is 1. The minimum absolute atomic E-state index is 0.0659. The third-order valence-electron chi connectivity index (χ3n) is 4.84. The number of benzene rings is 2. The molecule has 1 saturated heterocycles. The molecular formula is C21H26N4O4S2. The molecule has 0 aromatic heterocycles.